The minimum atomic E-state index is -0.905. The van der Waals surface area contributed by atoms with Gasteiger partial charge in [-0.3, -0.25) is 0 Å². The Morgan fingerprint density at radius 1 is 0.787 bits per heavy atom. The predicted octanol–water partition coefficient (Wildman–Crippen LogP) is 9.35. The molecule has 1 N–H and O–H groups in total. The van der Waals surface area contributed by atoms with Crippen molar-refractivity contribution in [3.63, 3.8) is 0 Å². The second-order valence-electron chi connectivity index (χ2n) is 12.4. The summed E-state index contributed by atoms with van der Waals surface area (Å²) < 4.78 is 7.75. The highest BCUT2D eigenvalue weighted by molar-refractivity contribution is 5.91. The molecule has 5 aromatic carbocycles. The molecule has 6 aromatic rings. The van der Waals surface area contributed by atoms with Crippen LogP contribution in [0.5, 0.6) is 0 Å². The Morgan fingerprint density at radius 3 is 2.19 bits per heavy atom. The highest BCUT2D eigenvalue weighted by atomic mass is 16.4. The van der Waals surface area contributed by atoms with E-state index in [0.29, 0.717) is 23.4 Å². The van der Waals surface area contributed by atoms with Gasteiger partial charge in [-0.15, -0.1) is 4.57 Å². The average molecular weight is 616 g/mol. The number of hydrogen-bond donors (Lipinski definition) is 1. The molecule has 0 saturated heterocycles. The maximum absolute atomic E-state index is 11.6. The van der Waals surface area contributed by atoms with Crippen molar-refractivity contribution in [1.82, 2.24) is 0 Å². The lowest BCUT2D eigenvalue weighted by atomic mass is 9.95. The lowest BCUT2D eigenvalue weighted by Crippen LogP contribution is -2.39. The SMILES string of the molecule is O=C(O)C[n+]1c(/C=C/c2ccc3c(c2)C2CCCC2N3c2ccc(C=C(c3ccccc3)c3ccccc3)cc2)oc2ccccc21. The number of aromatic nitrogens is 1. The number of aliphatic carboxylic acids is 1. The maximum atomic E-state index is 11.6. The predicted molar refractivity (Wildman–Crippen MR) is 188 cm³/mol. The van der Waals surface area contributed by atoms with E-state index in [4.69, 9.17) is 4.42 Å². The van der Waals surface area contributed by atoms with Gasteiger partial charge in [-0.05, 0) is 88.7 Å². The van der Waals surface area contributed by atoms with Crippen molar-refractivity contribution in [2.24, 2.45) is 0 Å². The molecule has 0 radical (unpaired) electrons. The van der Waals surface area contributed by atoms with Crippen LogP contribution in [-0.2, 0) is 11.3 Å². The van der Waals surface area contributed by atoms with Crippen LogP contribution in [0.3, 0.4) is 0 Å². The fraction of sp³-hybridized carbons (Fsp3) is 0.143. The molecule has 2 atom stereocenters. The molecule has 230 valence electrons. The minimum absolute atomic E-state index is 0.159. The van der Waals surface area contributed by atoms with Gasteiger partial charge in [-0.25, -0.2) is 4.79 Å². The van der Waals surface area contributed by atoms with Crippen LogP contribution >= 0.6 is 0 Å². The van der Waals surface area contributed by atoms with E-state index in [1.165, 1.54) is 58.5 Å². The van der Waals surface area contributed by atoms with Gasteiger partial charge in [0.25, 0.3) is 5.52 Å². The van der Waals surface area contributed by atoms with Crippen LogP contribution in [0, 0.1) is 0 Å². The molecule has 2 aliphatic rings. The number of carboxylic acids is 1. The van der Waals surface area contributed by atoms with Crippen molar-refractivity contribution < 1.29 is 18.9 Å². The maximum Gasteiger partial charge on any atom is 0.374 e. The molecule has 1 saturated carbocycles. The number of carbonyl (C=O) groups is 1. The quantitative estimate of drug-likeness (QED) is 0.137. The third-order valence-electron chi connectivity index (χ3n) is 9.52. The number of fused-ring (bicyclic) bond motifs is 4. The monoisotopic (exact) mass is 615 g/mol. The minimum Gasteiger partial charge on any atom is -0.477 e. The number of benzene rings is 5. The van der Waals surface area contributed by atoms with Crippen molar-refractivity contribution in [2.45, 2.75) is 37.8 Å². The normalized spacial score (nSPS) is 16.8. The van der Waals surface area contributed by atoms with Crippen molar-refractivity contribution in [2.75, 3.05) is 4.90 Å². The van der Waals surface area contributed by atoms with Crippen molar-refractivity contribution in [3.05, 3.63) is 161 Å². The van der Waals surface area contributed by atoms with Gasteiger partial charge in [-0.2, -0.15) is 0 Å². The molecule has 2 heterocycles. The lowest BCUT2D eigenvalue weighted by molar-refractivity contribution is -0.666. The Balaban J connectivity index is 1.10. The van der Waals surface area contributed by atoms with E-state index in [2.05, 4.69) is 114 Å². The molecule has 8 rings (SSSR count). The summed E-state index contributed by atoms with van der Waals surface area (Å²) in [5.74, 6) is 0.105. The molecular formula is C42H35N2O3+. The van der Waals surface area contributed by atoms with Crippen LogP contribution in [0.2, 0.25) is 0 Å². The summed E-state index contributed by atoms with van der Waals surface area (Å²) in [4.78, 5) is 14.2. The molecule has 1 aliphatic carbocycles. The summed E-state index contributed by atoms with van der Waals surface area (Å²) in [6.45, 7) is -0.159. The van der Waals surface area contributed by atoms with Gasteiger partial charge in [0, 0.05) is 29.4 Å². The first-order valence-electron chi connectivity index (χ1n) is 16.3. The fourth-order valence-corrected chi connectivity index (χ4v) is 7.42. The molecule has 2 unspecified atom stereocenters. The van der Waals surface area contributed by atoms with E-state index in [0.717, 1.165) is 11.1 Å². The molecule has 0 amide bonds. The number of oxazole rings is 1. The van der Waals surface area contributed by atoms with Crippen LogP contribution in [-0.4, -0.2) is 17.1 Å². The molecule has 1 aliphatic heterocycles. The smallest absolute Gasteiger partial charge is 0.374 e. The number of hydrogen-bond acceptors (Lipinski definition) is 3. The topological polar surface area (TPSA) is 57.6 Å². The molecule has 47 heavy (non-hydrogen) atoms. The van der Waals surface area contributed by atoms with Crippen molar-refractivity contribution >= 4 is 52.2 Å². The third kappa shape index (κ3) is 5.55. The Bertz CT molecular complexity index is 2090. The summed E-state index contributed by atoms with van der Waals surface area (Å²) >= 11 is 0. The number of para-hydroxylation sites is 2. The zero-order valence-electron chi connectivity index (χ0n) is 26.0. The van der Waals surface area contributed by atoms with Gasteiger partial charge < -0.3 is 14.4 Å². The highest BCUT2D eigenvalue weighted by Gasteiger charge is 2.42. The standard InChI is InChI=1S/C42H34N2O3/c45-42(46)28-43-39-15-7-8-17-40(39)47-41(43)25-21-30-20-24-38-36(27-30)34-14-9-16-37(34)44(38)33-22-18-29(19-23-33)26-35(31-10-3-1-4-11-31)32-12-5-2-6-13-32/h1-8,10-13,15,17-27,34,37H,9,14,16,28H2/p+1. The van der Waals surface area contributed by atoms with Gasteiger partial charge >= 0.3 is 11.9 Å². The summed E-state index contributed by atoms with van der Waals surface area (Å²) in [7, 11) is 0. The van der Waals surface area contributed by atoms with Gasteiger partial charge in [0.2, 0.25) is 12.1 Å². The van der Waals surface area contributed by atoms with E-state index < -0.39 is 5.97 Å². The molecule has 1 fully saturated rings. The second kappa shape index (κ2) is 12.3. The number of anilines is 2. The lowest BCUT2D eigenvalue weighted by Gasteiger charge is -2.27. The molecular weight excluding hydrogens is 580 g/mol. The summed E-state index contributed by atoms with van der Waals surface area (Å²) in [5, 5.41) is 9.52. The Kier molecular flexibility index (Phi) is 7.50. The first kappa shape index (κ1) is 28.8. The molecule has 5 nitrogen and oxygen atoms in total. The van der Waals surface area contributed by atoms with Crippen molar-refractivity contribution in [3.8, 4) is 0 Å². The van der Waals surface area contributed by atoms with Crippen LogP contribution in [0.15, 0.2) is 132 Å². The van der Waals surface area contributed by atoms with Gasteiger partial charge in [0.1, 0.15) is 0 Å². The molecule has 0 bridgehead atoms. The zero-order chi connectivity index (χ0) is 31.7. The summed E-state index contributed by atoms with van der Waals surface area (Å²) in [5.41, 5.74) is 11.2. The van der Waals surface area contributed by atoms with Gasteiger partial charge in [-0.1, -0.05) is 97.4 Å². The Morgan fingerprint density at radius 2 is 1.47 bits per heavy atom. The van der Waals surface area contributed by atoms with E-state index >= 15 is 0 Å². The van der Waals surface area contributed by atoms with Crippen molar-refractivity contribution in [1.29, 1.82) is 0 Å². The van der Waals surface area contributed by atoms with E-state index in [1.54, 1.807) is 4.57 Å². The second-order valence-corrected chi connectivity index (χ2v) is 12.4. The third-order valence-corrected chi connectivity index (χ3v) is 9.52. The fourth-order valence-electron chi connectivity index (χ4n) is 7.42. The van der Waals surface area contributed by atoms with Crippen LogP contribution in [0.1, 0.15) is 58.9 Å². The van der Waals surface area contributed by atoms with Crippen LogP contribution < -0.4 is 9.47 Å². The summed E-state index contributed by atoms with van der Waals surface area (Å²) in [6, 6.07) is 44.8. The highest BCUT2D eigenvalue weighted by Crippen LogP contribution is 2.52. The number of rotatable bonds is 8. The summed E-state index contributed by atoms with van der Waals surface area (Å²) in [6.07, 6.45) is 9.77. The number of carboxylic acid groups (broad SMARTS) is 1. The molecule has 0 spiro atoms. The van der Waals surface area contributed by atoms with Gasteiger partial charge in [0.05, 0.1) is 6.08 Å². The zero-order valence-corrected chi connectivity index (χ0v) is 26.0. The first-order valence-corrected chi connectivity index (χ1v) is 16.3. The van der Waals surface area contributed by atoms with E-state index in [9.17, 15) is 9.90 Å². The average Bonchev–Trinajstić information content (AvgIpc) is 3.80. The van der Waals surface area contributed by atoms with Crippen LogP contribution in [0.25, 0.3) is 34.9 Å². The Labute approximate surface area is 274 Å². The van der Waals surface area contributed by atoms with E-state index in [-0.39, 0.29) is 6.54 Å². The molecule has 1 aromatic heterocycles. The number of nitrogens with zero attached hydrogens (tertiary/aromatic N) is 2. The Hall–Kier alpha value is -5.68. The largest absolute Gasteiger partial charge is 0.477 e. The molecule has 5 heteroatoms. The first-order chi connectivity index (χ1) is 23.1. The van der Waals surface area contributed by atoms with Gasteiger partial charge in [0.15, 0.2) is 0 Å². The van der Waals surface area contributed by atoms with Crippen LogP contribution in [0.4, 0.5) is 11.4 Å². The van der Waals surface area contributed by atoms with E-state index in [1.807, 2.05) is 36.4 Å².